The molecular weight excluding hydrogens is 136 g/mol. The van der Waals surface area contributed by atoms with Crippen molar-refractivity contribution < 1.29 is 0 Å². The molecular formula is C9H12N2. The van der Waals surface area contributed by atoms with E-state index in [2.05, 4.69) is 9.97 Å². The fourth-order valence-electron chi connectivity index (χ4n) is 1.01. The Morgan fingerprint density at radius 1 is 1.18 bits per heavy atom. The minimum absolute atomic E-state index is 1.04. The van der Waals surface area contributed by atoms with E-state index in [0.717, 1.165) is 17.0 Å². The molecule has 0 unspecified atom stereocenters. The molecule has 0 saturated heterocycles. The van der Waals surface area contributed by atoms with Gasteiger partial charge in [0.2, 0.25) is 0 Å². The summed E-state index contributed by atoms with van der Waals surface area (Å²) in [5.74, 6) is 0. The zero-order valence-electron chi connectivity index (χ0n) is 7.13. The second kappa shape index (κ2) is 3.28. The molecule has 0 aliphatic rings. The van der Waals surface area contributed by atoms with Crippen LogP contribution in [0, 0.1) is 13.8 Å². The summed E-state index contributed by atoms with van der Waals surface area (Å²) in [5.41, 5.74) is 3.21. The summed E-state index contributed by atoms with van der Waals surface area (Å²) in [6.45, 7) is 5.97. The van der Waals surface area contributed by atoms with Crippen molar-refractivity contribution in [2.45, 2.75) is 20.8 Å². The molecule has 0 fully saturated rings. The molecule has 2 heteroatoms. The number of hydrogen-bond donors (Lipinski definition) is 0. The van der Waals surface area contributed by atoms with Crippen molar-refractivity contribution in [3.05, 3.63) is 29.4 Å². The van der Waals surface area contributed by atoms with Gasteiger partial charge in [-0.15, -0.1) is 0 Å². The fourth-order valence-corrected chi connectivity index (χ4v) is 1.01. The van der Waals surface area contributed by atoms with E-state index in [9.17, 15) is 0 Å². The summed E-state index contributed by atoms with van der Waals surface area (Å²) >= 11 is 0. The maximum Gasteiger partial charge on any atom is 0.115 e. The lowest BCUT2D eigenvalue weighted by atomic mass is 10.1. The Morgan fingerprint density at radius 2 is 1.73 bits per heavy atom. The Labute approximate surface area is 67.0 Å². The molecule has 1 heterocycles. The molecule has 0 atom stereocenters. The van der Waals surface area contributed by atoms with Gasteiger partial charge >= 0.3 is 0 Å². The summed E-state index contributed by atoms with van der Waals surface area (Å²) in [4.78, 5) is 8.19. The van der Waals surface area contributed by atoms with E-state index in [1.54, 1.807) is 6.33 Å². The van der Waals surface area contributed by atoms with Crippen LogP contribution in [0.5, 0.6) is 0 Å². The number of aromatic nitrogens is 2. The maximum atomic E-state index is 4.10. The van der Waals surface area contributed by atoms with Gasteiger partial charge in [0, 0.05) is 17.0 Å². The molecule has 1 aromatic heterocycles. The van der Waals surface area contributed by atoms with Gasteiger partial charge in [-0.1, -0.05) is 12.2 Å². The van der Waals surface area contributed by atoms with Crippen LogP contribution in [-0.2, 0) is 0 Å². The van der Waals surface area contributed by atoms with E-state index < -0.39 is 0 Å². The van der Waals surface area contributed by atoms with Gasteiger partial charge in [0.15, 0.2) is 0 Å². The second-order valence-electron chi connectivity index (χ2n) is 2.46. The molecule has 0 bridgehead atoms. The highest BCUT2D eigenvalue weighted by molar-refractivity contribution is 5.53. The molecule has 0 N–H and O–H groups in total. The van der Waals surface area contributed by atoms with Gasteiger partial charge in [0.1, 0.15) is 6.33 Å². The first-order chi connectivity index (χ1) is 5.25. The van der Waals surface area contributed by atoms with Crippen LogP contribution in [-0.4, -0.2) is 9.97 Å². The molecule has 11 heavy (non-hydrogen) atoms. The fraction of sp³-hybridized carbons (Fsp3) is 0.333. The van der Waals surface area contributed by atoms with Crippen LogP contribution in [0.2, 0.25) is 0 Å². The number of nitrogens with zero attached hydrogens (tertiary/aromatic N) is 2. The maximum absolute atomic E-state index is 4.10. The molecule has 0 amide bonds. The molecule has 58 valence electrons. The Morgan fingerprint density at radius 3 is 2.18 bits per heavy atom. The van der Waals surface area contributed by atoms with Gasteiger partial charge in [-0.25, -0.2) is 9.97 Å². The van der Waals surface area contributed by atoms with Gasteiger partial charge < -0.3 is 0 Å². The van der Waals surface area contributed by atoms with E-state index in [1.165, 1.54) is 0 Å². The monoisotopic (exact) mass is 148 g/mol. The van der Waals surface area contributed by atoms with Gasteiger partial charge in [-0.2, -0.15) is 0 Å². The predicted octanol–water partition coefficient (Wildman–Crippen LogP) is 2.13. The average molecular weight is 148 g/mol. The Bertz CT molecular complexity index is 257. The Kier molecular flexibility index (Phi) is 2.36. The van der Waals surface area contributed by atoms with Crippen molar-refractivity contribution >= 4 is 6.08 Å². The normalized spacial score (nSPS) is 10.8. The highest BCUT2D eigenvalue weighted by Gasteiger charge is 1.98. The largest absolute Gasteiger partial charge is 0.241 e. The van der Waals surface area contributed by atoms with Crippen molar-refractivity contribution in [2.24, 2.45) is 0 Å². The van der Waals surface area contributed by atoms with Crippen LogP contribution in [0.25, 0.3) is 6.08 Å². The highest BCUT2D eigenvalue weighted by Crippen LogP contribution is 2.09. The predicted molar refractivity (Wildman–Crippen MR) is 46.2 cm³/mol. The molecule has 1 rings (SSSR count). The Hall–Kier alpha value is -1.18. The zero-order chi connectivity index (χ0) is 8.27. The topological polar surface area (TPSA) is 25.8 Å². The van der Waals surface area contributed by atoms with Crippen LogP contribution in [0.15, 0.2) is 12.4 Å². The molecule has 0 radical (unpaired) electrons. The van der Waals surface area contributed by atoms with Gasteiger partial charge in [0.05, 0.1) is 0 Å². The summed E-state index contributed by atoms with van der Waals surface area (Å²) in [7, 11) is 0. The number of rotatable bonds is 1. The third-order valence-electron chi connectivity index (χ3n) is 1.62. The van der Waals surface area contributed by atoms with Crippen molar-refractivity contribution in [3.63, 3.8) is 0 Å². The third-order valence-corrected chi connectivity index (χ3v) is 1.62. The Balaban J connectivity index is 3.20. The summed E-state index contributed by atoms with van der Waals surface area (Å²) in [6.07, 6.45) is 5.63. The number of allylic oxidation sites excluding steroid dienone is 1. The van der Waals surface area contributed by atoms with E-state index in [4.69, 9.17) is 0 Å². The summed E-state index contributed by atoms with van der Waals surface area (Å²) in [5, 5.41) is 0. The molecule has 2 nitrogen and oxygen atoms in total. The van der Waals surface area contributed by atoms with Crippen molar-refractivity contribution in [3.8, 4) is 0 Å². The lowest BCUT2D eigenvalue weighted by Crippen LogP contribution is -1.92. The van der Waals surface area contributed by atoms with Crippen molar-refractivity contribution in [2.75, 3.05) is 0 Å². The molecule has 0 spiro atoms. The van der Waals surface area contributed by atoms with Crippen LogP contribution in [0.3, 0.4) is 0 Å². The first kappa shape index (κ1) is 7.92. The van der Waals surface area contributed by atoms with Gasteiger partial charge in [-0.05, 0) is 20.8 Å². The molecule has 0 saturated carbocycles. The molecule has 1 aromatic rings. The summed E-state index contributed by atoms with van der Waals surface area (Å²) in [6, 6.07) is 0. The number of hydrogen-bond acceptors (Lipinski definition) is 2. The van der Waals surface area contributed by atoms with Gasteiger partial charge in [0.25, 0.3) is 0 Å². The smallest absolute Gasteiger partial charge is 0.115 e. The second-order valence-corrected chi connectivity index (χ2v) is 2.46. The van der Waals surface area contributed by atoms with Crippen LogP contribution < -0.4 is 0 Å². The number of aryl methyl sites for hydroxylation is 2. The lowest BCUT2D eigenvalue weighted by Gasteiger charge is -2.00. The quantitative estimate of drug-likeness (QED) is 0.609. The molecule has 0 aliphatic heterocycles. The first-order valence-electron chi connectivity index (χ1n) is 3.66. The van der Waals surface area contributed by atoms with E-state index in [-0.39, 0.29) is 0 Å². The molecule has 0 aromatic carbocycles. The highest BCUT2D eigenvalue weighted by atomic mass is 14.8. The SMILES string of the molecule is C/C=C\c1c(C)ncnc1C. The van der Waals surface area contributed by atoms with E-state index in [0.29, 0.717) is 0 Å². The van der Waals surface area contributed by atoms with Crippen molar-refractivity contribution in [1.29, 1.82) is 0 Å². The zero-order valence-corrected chi connectivity index (χ0v) is 7.13. The minimum Gasteiger partial charge on any atom is -0.241 e. The van der Waals surface area contributed by atoms with Crippen LogP contribution in [0.1, 0.15) is 23.9 Å². The van der Waals surface area contributed by atoms with E-state index >= 15 is 0 Å². The molecule has 0 aliphatic carbocycles. The van der Waals surface area contributed by atoms with Crippen molar-refractivity contribution in [1.82, 2.24) is 9.97 Å². The van der Waals surface area contributed by atoms with Crippen LogP contribution in [0.4, 0.5) is 0 Å². The average Bonchev–Trinajstić information content (AvgIpc) is 1.97. The summed E-state index contributed by atoms with van der Waals surface area (Å²) < 4.78 is 0. The van der Waals surface area contributed by atoms with E-state index in [1.807, 2.05) is 32.9 Å². The van der Waals surface area contributed by atoms with Crippen LogP contribution >= 0.6 is 0 Å². The van der Waals surface area contributed by atoms with Gasteiger partial charge in [-0.3, -0.25) is 0 Å². The minimum atomic E-state index is 1.04. The standard InChI is InChI=1S/C9H12N2/c1-4-5-9-7(2)10-6-11-8(9)3/h4-6H,1-3H3/b5-4-. The first-order valence-corrected chi connectivity index (χ1v) is 3.66. The third kappa shape index (κ3) is 1.64. The lowest BCUT2D eigenvalue weighted by molar-refractivity contribution is 1.04.